The molecular formula is C14H14N4O3. The molecule has 0 heterocycles. The maximum atomic E-state index is 12.4. The summed E-state index contributed by atoms with van der Waals surface area (Å²) in [4.78, 5) is 24.1. The highest BCUT2D eigenvalue weighted by Crippen LogP contribution is 2.25. The van der Waals surface area contributed by atoms with Gasteiger partial charge < -0.3 is 10.3 Å². The lowest BCUT2D eigenvalue weighted by Gasteiger charge is -2.17. The van der Waals surface area contributed by atoms with Gasteiger partial charge in [0.25, 0.3) is 11.6 Å². The monoisotopic (exact) mass is 286 g/mol. The van der Waals surface area contributed by atoms with E-state index >= 15 is 0 Å². The number of hydrogen-bond acceptors (Lipinski definition) is 5. The molecule has 0 aliphatic heterocycles. The zero-order valence-corrected chi connectivity index (χ0v) is 11.3. The fraction of sp³-hybridized carbons (Fsp3) is 0.0714. The number of nitrogens with two attached hydrogens (primary N) is 1. The van der Waals surface area contributed by atoms with Crippen LogP contribution in [-0.4, -0.2) is 17.9 Å². The summed E-state index contributed by atoms with van der Waals surface area (Å²) >= 11 is 0. The van der Waals surface area contributed by atoms with E-state index in [1.807, 2.05) is 18.2 Å². The summed E-state index contributed by atoms with van der Waals surface area (Å²) in [5.74, 6) is 4.98. The van der Waals surface area contributed by atoms with Crippen LogP contribution in [0.1, 0.15) is 10.4 Å². The van der Waals surface area contributed by atoms with E-state index in [0.29, 0.717) is 5.56 Å². The molecule has 3 N–H and O–H groups in total. The van der Waals surface area contributed by atoms with Gasteiger partial charge in [-0.05, 0) is 24.3 Å². The highest BCUT2D eigenvalue weighted by molar-refractivity contribution is 6.06. The predicted molar refractivity (Wildman–Crippen MR) is 80.1 cm³/mol. The molecule has 2 rings (SSSR count). The number of nitro groups is 1. The topological polar surface area (TPSA) is 102 Å². The molecule has 0 atom stereocenters. The number of para-hydroxylation sites is 1. The van der Waals surface area contributed by atoms with Gasteiger partial charge in [-0.1, -0.05) is 18.2 Å². The van der Waals surface area contributed by atoms with Crippen molar-refractivity contribution in [2.45, 2.75) is 0 Å². The molecule has 0 aromatic heterocycles. The van der Waals surface area contributed by atoms with E-state index in [0.717, 1.165) is 5.69 Å². The number of hydrogen-bond donors (Lipinski definition) is 2. The summed E-state index contributed by atoms with van der Waals surface area (Å²) in [6.07, 6.45) is 0. The molecule has 7 nitrogen and oxygen atoms in total. The fourth-order valence-corrected chi connectivity index (χ4v) is 1.91. The minimum absolute atomic E-state index is 0.0901. The molecular weight excluding hydrogens is 272 g/mol. The molecule has 0 aliphatic rings. The van der Waals surface area contributed by atoms with Crippen LogP contribution in [0.5, 0.6) is 0 Å². The number of amides is 1. The molecule has 0 spiro atoms. The lowest BCUT2D eigenvalue weighted by molar-refractivity contribution is -0.384. The first-order valence-electron chi connectivity index (χ1n) is 6.12. The normalized spacial score (nSPS) is 10.0. The summed E-state index contributed by atoms with van der Waals surface area (Å²) in [7, 11) is 1.63. The van der Waals surface area contributed by atoms with Crippen molar-refractivity contribution in [3.63, 3.8) is 0 Å². The second-order valence-electron chi connectivity index (χ2n) is 4.33. The van der Waals surface area contributed by atoms with Crippen LogP contribution in [0.25, 0.3) is 0 Å². The van der Waals surface area contributed by atoms with E-state index in [1.54, 1.807) is 19.2 Å². The molecule has 108 valence electrons. The summed E-state index contributed by atoms with van der Waals surface area (Å²) in [5.41, 5.74) is 3.18. The highest BCUT2D eigenvalue weighted by atomic mass is 16.6. The predicted octanol–water partition coefficient (Wildman–Crippen LogP) is 2.16. The van der Waals surface area contributed by atoms with Gasteiger partial charge in [0.1, 0.15) is 5.69 Å². The second-order valence-corrected chi connectivity index (χ2v) is 4.33. The number of nitrogens with one attached hydrogen (secondary N) is 1. The average Bonchev–Trinajstić information content (AvgIpc) is 2.53. The highest BCUT2D eigenvalue weighted by Gasteiger charge is 2.18. The summed E-state index contributed by atoms with van der Waals surface area (Å²) in [6, 6.07) is 13.1. The summed E-state index contributed by atoms with van der Waals surface area (Å²) < 4.78 is 0. The Kier molecular flexibility index (Phi) is 4.15. The Balaban J connectivity index is 2.34. The maximum absolute atomic E-state index is 12.4. The zero-order chi connectivity index (χ0) is 15.4. The van der Waals surface area contributed by atoms with E-state index in [4.69, 9.17) is 5.84 Å². The van der Waals surface area contributed by atoms with Crippen LogP contribution in [0, 0.1) is 10.1 Å². The molecule has 0 saturated carbocycles. The van der Waals surface area contributed by atoms with Crippen LogP contribution >= 0.6 is 0 Å². The quantitative estimate of drug-likeness (QED) is 0.509. The number of nitrogen functional groups attached to an aromatic ring is 1. The van der Waals surface area contributed by atoms with Gasteiger partial charge in [0.05, 0.1) is 4.92 Å². The van der Waals surface area contributed by atoms with Gasteiger partial charge in [0, 0.05) is 24.4 Å². The third kappa shape index (κ3) is 2.98. The van der Waals surface area contributed by atoms with Crippen molar-refractivity contribution in [1.29, 1.82) is 0 Å². The average molecular weight is 286 g/mol. The van der Waals surface area contributed by atoms with Crippen molar-refractivity contribution in [1.82, 2.24) is 0 Å². The van der Waals surface area contributed by atoms with E-state index in [2.05, 4.69) is 5.43 Å². The van der Waals surface area contributed by atoms with E-state index in [9.17, 15) is 14.9 Å². The van der Waals surface area contributed by atoms with Crippen LogP contribution in [-0.2, 0) is 0 Å². The first-order valence-corrected chi connectivity index (χ1v) is 6.12. The molecule has 2 aromatic carbocycles. The van der Waals surface area contributed by atoms with Crippen molar-refractivity contribution >= 4 is 23.0 Å². The molecule has 0 fully saturated rings. The SMILES string of the molecule is CN(C(=O)c1ccc([N+](=O)[O-])c(NN)c1)c1ccccc1. The summed E-state index contributed by atoms with van der Waals surface area (Å²) in [5, 5.41) is 10.8. The van der Waals surface area contributed by atoms with E-state index < -0.39 is 4.92 Å². The van der Waals surface area contributed by atoms with Crippen molar-refractivity contribution in [2.75, 3.05) is 17.4 Å². The third-order valence-corrected chi connectivity index (χ3v) is 3.04. The Bertz CT molecular complexity index is 673. The van der Waals surface area contributed by atoms with Crippen LogP contribution < -0.4 is 16.2 Å². The zero-order valence-electron chi connectivity index (χ0n) is 11.3. The largest absolute Gasteiger partial charge is 0.318 e. The fourth-order valence-electron chi connectivity index (χ4n) is 1.91. The second kappa shape index (κ2) is 6.02. The number of carbonyl (C=O) groups is 1. The van der Waals surface area contributed by atoms with Gasteiger partial charge in [-0.15, -0.1) is 0 Å². The third-order valence-electron chi connectivity index (χ3n) is 3.04. The minimum Gasteiger partial charge on any atom is -0.318 e. The Morgan fingerprint density at radius 2 is 1.90 bits per heavy atom. The van der Waals surface area contributed by atoms with Crippen molar-refractivity contribution in [2.24, 2.45) is 5.84 Å². The van der Waals surface area contributed by atoms with E-state index in [-0.39, 0.29) is 17.3 Å². The lowest BCUT2D eigenvalue weighted by atomic mass is 10.1. The number of rotatable bonds is 4. The minimum atomic E-state index is -0.565. The van der Waals surface area contributed by atoms with Crippen molar-refractivity contribution in [3.05, 3.63) is 64.2 Å². The molecule has 0 saturated heterocycles. The smallest absolute Gasteiger partial charge is 0.293 e. The lowest BCUT2D eigenvalue weighted by Crippen LogP contribution is -2.26. The van der Waals surface area contributed by atoms with Crippen LogP contribution in [0.3, 0.4) is 0 Å². The van der Waals surface area contributed by atoms with Crippen LogP contribution in [0.2, 0.25) is 0 Å². The van der Waals surface area contributed by atoms with Gasteiger partial charge in [0.2, 0.25) is 0 Å². The maximum Gasteiger partial charge on any atom is 0.293 e. The van der Waals surface area contributed by atoms with Gasteiger partial charge in [-0.3, -0.25) is 20.8 Å². The number of nitro benzene ring substituents is 1. The molecule has 0 radical (unpaired) electrons. The number of anilines is 2. The Morgan fingerprint density at radius 3 is 2.48 bits per heavy atom. The molecule has 0 bridgehead atoms. The summed E-state index contributed by atoms with van der Waals surface area (Å²) in [6.45, 7) is 0. The first-order chi connectivity index (χ1) is 10.0. The Morgan fingerprint density at radius 1 is 1.24 bits per heavy atom. The van der Waals surface area contributed by atoms with E-state index in [1.165, 1.54) is 23.1 Å². The van der Waals surface area contributed by atoms with Gasteiger partial charge >= 0.3 is 0 Å². The van der Waals surface area contributed by atoms with Gasteiger partial charge in [0.15, 0.2) is 0 Å². The number of benzene rings is 2. The molecule has 2 aromatic rings. The van der Waals surface area contributed by atoms with Gasteiger partial charge in [-0.25, -0.2) is 0 Å². The number of hydrazine groups is 1. The van der Waals surface area contributed by atoms with Crippen LogP contribution in [0.4, 0.5) is 17.1 Å². The molecule has 21 heavy (non-hydrogen) atoms. The molecule has 7 heteroatoms. The number of carbonyl (C=O) groups excluding carboxylic acids is 1. The number of nitrogens with zero attached hydrogens (tertiary/aromatic N) is 2. The molecule has 0 aliphatic carbocycles. The Hall–Kier alpha value is -2.93. The Labute approximate surface area is 121 Å². The van der Waals surface area contributed by atoms with Crippen LogP contribution in [0.15, 0.2) is 48.5 Å². The van der Waals surface area contributed by atoms with Gasteiger partial charge in [-0.2, -0.15) is 0 Å². The van der Waals surface area contributed by atoms with Crippen molar-refractivity contribution < 1.29 is 9.72 Å². The molecule has 0 unspecified atom stereocenters. The van der Waals surface area contributed by atoms with Crippen molar-refractivity contribution in [3.8, 4) is 0 Å². The standard InChI is InChI=1S/C14H14N4O3/c1-17(11-5-3-2-4-6-11)14(19)10-7-8-13(18(20)21)12(9-10)16-15/h2-9,16H,15H2,1H3. The first kappa shape index (κ1) is 14.5. The molecule has 1 amide bonds.